The van der Waals surface area contributed by atoms with Crippen LogP contribution in [0, 0.1) is 13.8 Å². The Balaban J connectivity index is 2.18. The average molecular weight is 459 g/mol. The predicted octanol–water partition coefficient (Wildman–Crippen LogP) is 6.19. The van der Waals surface area contributed by atoms with Crippen molar-refractivity contribution < 1.29 is 20.1 Å². The first-order valence-electron chi connectivity index (χ1n) is 11.2. The summed E-state index contributed by atoms with van der Waals surface area (Å²) in [5.74, 6) is 0.0448. The molecule has 0 amide bonds. The fourth-order valence-electron chi connectivity index (χ4n) is 4.44. The molecule has 0 saturated carbocycles. The van der Waals surface area contributed by atoms with Gasteiger partial charge in [-0.3, -0.25) is 9.97 Å². The number of benzene rings is 2. The minimum Gasteiger partial charge on any atom is -0.510 e. The third-order valence-corrected chi connectivity index (χ3v) is 5.85. The highest BCUT2D eigenvalue weighted by molar-refractivity contribution is 6.07. The SMILES string of the molecule is C=C(O)[C@@H](OC(C)(C)C)c1c(C)cc2nc(CO)ccc2c1-c1ccc(O)c2c(C)ccnc12. The molecule has 2 aromatic heterocycles. The zero-order valence-electron chi connectivity index (χ0n) is 20.2. The molecule has 0 aliphatic heterocycles. The van der Waals surface area contributed by atoms with E-state index in [1.165, 1.54) is 0 Å². The first kappa shape index (κ1) is 23.7. The summed E-state index contributed by atoms with van der Waals surface area (Å²) < 4.78 is 6.30. The number of aliphatic hydroxyl groups is 2. The first-order chi connectivity index (χ1) is 16.0. The van der Waals surface area contributed by atoms with Gasteiger partial charge in [0.2, 0.25) is 0 Å². The lowest BCUT2D eigenvalue weighted by atomic mass is 9.86. The average Bonchev–Trinajstić information content (AvgIpc) is 2.76. The molecule has 4 rings (SSSR count). The second-order valence-corrected chi connectivity index (χ2v) is 9.59. The van der Waals surface area contributed by atoms with E-state index >= 15 is 0 Å². The highest BCUT2D eigenvalue weighted by Crippen LogP contribution is 2.45. The monoisotopic (exact) mass is 458 g/mol. The van der Waals surface area contributed by atoms with Gasteiger partial charge in [-0.05, 0) is 87.2 Å². The van der Waals surface area contributed by atoms with E-state index in [1.807, 2.05) is 58.9 Å². The number of aromatic hydroxyl groups is 1. The molecular weight excluding hydrogens is 428 g/mol. The van der Waals surface area contributed by atoms with Crippen molar-refractivity contribution in [2.75, 3.05) is 0 Å². The summed E-state index contributed by atoms with van der Waals surface area (Å²) >= 11 is 0. The summed E-state index contributed by atoms with van der Waals surface area (Å²) in [6.07, 6.45) is 0.916. The molecule has 0 unspecified atom stereocenters. The van der Waals surface area contributed by atoms with Crippen LogP contribution in [0.2, 0.25) is 0 Å². The number of aliphatic hydroxyl groups excluding tert-OH is 2. The summed E-state index contributed by atoms with van der Waals surface area (Å²) in [4.78, 5) is 9.25. The second-order valence-electron chi connectivity index (χ2n) is 9.59. The zero-order valence-corrected chi connectivity index (χ0v) is 20.2. The maximum absolute atomic E-state index is 10.7. The molecule has 2 heterocycles. The van der Waals surface area contributed by atoms with Crippen LogP contribution < -0.4 is 0 Å². The van der Waals surface area contributed by atoms with Gasteiger partial charge < -0.3 is 20.1 Å². The van der Waals surface area contributed by atoms with Gasteiger partial charge in [0, 0.05) is 22.5 Å². The zero-order chi connectivity index (χ0) is 24.8. The van der Waals surface area contributed by atoms with Crippen LogP contribution in [0.4, 0.5) is 0 Å². The summed E-state index contributed by atoms with van der Waals surface area (Å²) in [5, 5.41) is 32.4. The summed E-state index contributed by atoms with van der Waals surface area (Å²) in [7, 11) is 0. The van der Waals surface area contributed by atoms with Crippen LogP contribution in [0.3, 0.4) is 0 Å². The first-order valence-corrected chi connectivity index (χ1v) is 11.2. The van der Waals surface area contributed by atoms with E-state index in [2.05, 4.69) is 16.5 Å². The van der Waals surface area contributed by atoms with Crippen molar-refractivity contribution in [1.29, 1.82) is 0 Å². The van der Waals surface area contributed by atoms with Crippen LogP contribution in [0.5, 0.6) is 5.75 Å². The van der Waals surface area contributed by atoms with E-state index in [4.69, 9.17) is 4.74 Å². The van der Waals surface area contributed by atoms with Crippen molar-refractivity contribution >= 4 is 21.8 Å². The van der Waals surface area contributed by atoms with Gasteiger partial charge in [-0.25, -0.2) is 0 Å². The molecule has 0 saturated heterocycles. The molecule has 0 radical (unpaired) electrons. The Kier molecular flexibility index (Phi) is 6.06. The lowest BCUT2D eigenvalue weighted by Gasteiger charge is -2.30. The van der Waals surface area contributed by atoms with Crippen molar-refractivity contribution in [2.45, 2.75) is 52.9 Å². The van der Waals surface area contributed by atoms with Crippen molar-refractivity contribution in [1.82, 2.24) is 9.97 Å². The van der Waals surface area contributed by atoms with Gasteiger partial charge in [0.25, 0.3) is 0 Å². The largest absolute Gasteiger partial charge is 0.510 e. The highest BCUT2D eigenvalue weighted by atomic mass is 16.5. The molecule has 0 fully saturated rings. The molecule has 176 valence electrons. The van der Waals surface area contributed by atoms with Gasteiger partial charge in [0.1, 0.15) is 17.6 Å². The number of fused-ring (bicyclic) bond motifs is 2. The number of ether oxygens (including phenoxy) is 1. The molecule has 34 heavy (non-hydrogen) atoms. The van der Waals surface area contributed by atoms with Gasteiger partial charge in [-0.15, -0.1) is 0 Å². The molecule has 2 aromatic carbocycles. The predicted molar refractivity (Wildman–Crippen MR) is 135 cm³/mol. The van der Waals surface area contributed by atoms with Crippen molar-refractivity contribution in [3.05, 3.63) is 77.3 Å². The molecule has 0 bridgehead atoms. The van der Waals surface area contributed by atoms with Crippen LogP contribution >= 0.6 is 0 Å². The number of aromatic nitrogens is 2. The quantitative estimate of drug-likeness (QED) is 0.309. The van der Waals surface area contributed by atoms with E-state index in [9.17, 15) is 15.3 Å². The Bertz CT molecular complexity index is 1410. The molecule has 4 aromatic rings. The molecule has 6 nitrogen and oxygen atoms in total. The topological polar surface area (TPSA) is 95.7 Å². The van der Waals surface area contributed by atoms with E-state index in [1.54, 1.807) is 18.3 Å². The summed E-state index contributed by atoms with van der Waals surface area (Å²) in [6, 6.07) is 11.0. The Morgan fingerprint density at radius 1 is 1.09 bits per heavy atom. The summed E-state index contributed by atoms with van der Waals surface area (Å²) in [5.41, 5.74) is 5.42. The molecule has 0 aliphatic carbocycles. The minimum absolute atomic E-state index is 0.106. The van der Waals surface area contributed by atoms with Gasteiger partial charge >= 0.3 is 0 Å². The number of rotatable bonds is 5. The number of phenols is 1. The number of aryl methyl sites for hydroxylation is 2. The fraction of sp³-hybridized carbons (Fsp3) is 0.286. The second kappa shape index (κ2) is 8.70. The standard InChI is InChI=1S/C28H30N2O4/c1-15-11-12-29-26-20(9-10-22(33)23(15)26)25-19-8-7-18(14-31)30-21(19)13-16(2)24(25)27(17(3)32)34-28(4,5)6/h7-13,27,31-33H,3,14H2,1-2,4-6H3/t27-/m1/s1. The van der Waals surface area contributed by atoms with Crippen molar-refractivity contribution in [2.24, 2.45) is 0 Å². The minimum atomic E-state index is -0.800. The van der Waals surface area contributed by atoms with E-state index in [-0.39, 0.29) is 18.1 Å². The molecule has 0 aliphatic rings. The van der Waals surface area contributed by atoms with Crippen LogP contribution in [-0.4, -0.2) is 30.9 Å². The Labute approximate surface area is 199 Å². The van der Waals surface area contributed by atoms with Crippen LogP contribution in [-0.2, 0) is 11.3 Å². The van der Waals surface area contributed by atoms with Crippen LogP contribution in [0.15, 0.2) is 54.9 Å². The summed E-state index contributed by atoms with van der Waals surface area (Å²) in [6.45, 7) is 13.3. The maximum Gasteiger partial charge on any atom is 0.140 e. The van der Waals surface area contributed by atoms with Crippen LogP contribution in [0.25, 0.3) is 32.9 Å². The number of hydrogen-bond acceptors (Lipinski definition) is 6. The number of hydrogen-bond donors (Lipinski definition) is 3. The van der Waals surface area contributed by atoms with Crippen molar-refractivity contribution in [3.63, 3.8) is 0 Å². The third-order valence-electron chi connectivity index (χ3n) is 5.85. The van der Waals surface area contributed by atoms with Crippen molar-refractivity contribution in [3.8, 4) is 16.9 Å². The van der Waals surface area contributed by atoms with Gasteiger partial charge in [0.15, 0.2) is 0 Å². The van der Waals surface area contributed by atoms with E-state index < -0.39 is 11.7 Å². The molecule has 3 N–H and O–H groups in total. The lowest BCUT2D eigenvalue weighted by Crippen LogP contribution is -2.24. The Morgan fingerprint density at radius 3 is 2.47 bits per heavy atom. The lowest BCUT2D eigenvalue weighted by molar-refractivity contribution is -0.0594. The van der Waals surface area contributed by atoms with E-state index in [0.29, 0.717) is 22.1 Å². The van der Waals surface area contributed by atoms with Gasteiger partial charge in [-0.1, -0.05) is 12.6 Å². The van der Waals surface area contributed by atoms with E-state index in [0.717, 1.165) is 33.2 Å². The number of nitrogens with zero attached hydrogens (tertiary/aromatic N) is 2. The Hall–Kier alpha value is -3.48. The number of pyridine rings is 2. The number of phenolic OH excluding ortho intramolecular Hbond substituents is 1. The third kappa shape index (κ3) is 4.22. The molecular formula is C28H30N2O4. The fourth-order valence-corrected chi connectivity index (χ4v) is 4.44. The molecule has 0 spiro atoms. The highest BCUT2D eigenvalue weighted by Gasteiger charge is 2.29. The normalized spacial score (nSPS) is 12.9. The molecule has 6 heteroatoms. The van der Waals surface area contributed by atoms with Crippen LogP contribution in [0.1, 0.15) is 49.3 Å². The van der Waals surface area contributed by atoms with Gasteiger partial charge in [-0.2, -0.15) is 0 Å². The maximum atomic E-state index is 10.7. The molecule has 1 atom stereocenters. The van der Waals surface area contributed by atoms with Gasteiger partial charge in [0.05, 0.1) is 28.9 Å². The smallest absolute Gasteiger partial charge is 0.140 e. The Morgan fingerprint density at radius 2 is 1.82 bits per heavy atom.